The first-order chi connectivity index (χ1) is 13.1. The fourth-order valence-electron chi connectivity index (χ4n) is 2.98. The predicted molar refractivity (Wildman–Crippen MR) is 92.5 cm³/mol. The van der Waals surface area contributed by atoms with Gasteiger partial charge in [-0.25, -0.2) is 14.2 Å². The van der Waals surface area contributed by atoms with Crippen molar-refractivity contribution in [2.45, 2.75) is 38.8 Å². The summed E-state index contributed by atoms with van der Waals surface area (Å²) in [5.74, 6) is -0.671. The molecule has 7 nitrogen and oxygen atoms in total. The highest BCUT2D eigenvalue weighted by atomic mass is 19.1. The maximum atomic E-state index is 13.2. The van der Waals surface area contributed by atoms with Crippen molar-refractivity contribution in [3.05, 3.63) is 47.9 Å². The zero-order valence-corrected chi connectivity index (χ0v) is 15.0. The zero-order valence-electron chi connectivity index (χ0n) is 15.0. The van der Waals surface area contributed by atoms with Crippen molar-refractivity contribution in [1.29, 1.82) is 0 Å². The van der Waals surface area contributed by atoms with Crippen molar-refractivity contribution >= 4 is 11.9 Å². The number of piperidine rings is 1. The number of benzene rings is 1. The molecule has 0 N–H and O–H groups in total. The molecule has 1 aliphatic heterocycles. The van der Waals surface area contributed by atoms with E-state index in [0.29, 0.717) is 18.7 Å². The molecule has 1 aromatic heterocycles. The second kappa shape index (κ2) is 8.66. The summed E-state index contributed by atoms with van der Waals surface area (Å²) in [5.41, 5.74) is 0.101. The molecule has 0 bridgehead atoms. The molecule has 0 unspecified atom stereocenters. The highest BCUT2D eigenvalue weighted by molar-refractivity contribution is 5.95. The summed E-state index contributed by atoms with van der Waals surface area (Å²) in [6.45, 7) is 2.42. The first kappa shape index (κ1) is 18.9. The minimum atomic E-state index is -0.602. The Balaban J connectivity index is 1.65. The highest BCUT2D eigenvalue weighted by Crippen LogP contribution is 2.21. The number of oxazole rings is 1. The van der Waals surface area contributed by atoms with Gasteiger partial charge in [0, 0.05) is 12.6 Å². The molecule has 1 aliphatic rings. The molecule has 0 aliphatic carbocycles. The van der Waals surface area contributed by atoms with Crippen LogP contribution in [0.25, 0.3) is 0 Å². The van der Waals surface area contributed by atoms with E-state index in [-0.39, 0.29) is 30.7 Å². The van der Waals surface area contributed by atoms with E-state index in [1.165, 1.54) is 29.4 Å². The summed E-state index contributed by atoms with van der Waals surface area (Å²) in [7, 11) is 0. The van der Waals surface area contributed by atoms with E-state index in [9.17, 15) is 14.0 Å². The number of hydrogen-bond acceptors (Lipinski definition) is 6. The number of carbonyl (C=O) groups is 2. The number of hydrogen-bond donors (Lipinski definition) is 0. The van der Waals surface area contributed by atoms with Crippen LogP contribution in [0.1, 0.15) is 42.6 Å². The Bertz CT molecular complexity index is 807. The van der Waals surface area contributed by atoms with Crippen LogP contribution < -0.4 is 4.74 Å². The topological polar surface area (TPSA) is 81.9 Å². The average molecular weight is 376 g/mol. The third-order valence-corrected chi connectivity index (χ3v) is 4.25. The molecule has 3 rings (SSSR count). The molecule has 1 saturated heterocycles. The fourth-order valence-corrected chi connectivity index (χ4v) is 2.98. The lowest BCUT2D eigenvalue weighted by Crippen LogP contribution is -2.48. The lowest BCUT2D eigenvalue weighted by molar-refractivity contribution is -0.149. The molecule has 8 heteroatoms. The summed E-state index contributed by atoms with van der Waals surface area (Å²) in [6.07, 6.45) is 3.48. The number of carbonyl (C=O) groups excluding carboxylic acids is 2. The maximum absolute atomic E-state index is 13.2. The summed E-state index contributed by atoms with van der Waals surface area (Å²) in [6, 6.07) is 5.09. The third kappa shape index (κ3) is 4.64. The van der Waals surface area contributed by atoms with Crippen molar-refractivity contribution in [1.82, 2.24) is 9.88 Å². The Labute approximate surface area is 156 Å². The number of amides is 1. The van der Waals surface area contributed by atoms with Gasteiger partial charge >= 0.3 is 5.97 Å². The SMILES string of the molecule is CCOC(=O)[C@H]1CCCCN1C(=O)c1coc(COc2cccc(F)c2)n1. The Morgan fingerprint density at radius 1 is 1.37 bits per heavy atom. The van der Waals surface area contributed by atoms with Gasteiger partial charge in [0.05, 0.1) is 6.61 Å². The third-order valence-electron chi connectivity index (χ3n) is 4.25. The molecule has 27 heavy (non-hydrogen) atoms. The summed E-state index contributed by atoms with van der Waals surface area (Å²) in [5, 5.41) is 0. The molecule has 2 aromatic rings. The number of rotatable bonds is 6. The van der Waals surface area contributed by atoms with Crippen LogP contribution in [0.5, 0.6) is 5.75 Å². The number of esters is 1. The van der Waals surface area contributed by atoms with E-state index in [2.05, 4.69) is 4.98 Å². The number of nitrogens with zero attached hydrogens (tertiary/aromatic N) is 2. The Morgan fingerprint density at radius 3 is 3.00 bits per heavy atom. The molecule has 0 saturated carbocycles. The highest BCUT2D eigenvalue weighted by Gasteiger charge is 2.34. The number of halogens is 1. The van der Waals surface area contributed by atoms with Crippen molar-refractivity contribution in [3.63, 3.8) is 0 Å². The van der Waals surface area contributed by atoms with Gasteiger partial charge in [0.15, 0.2) is 12.3 Å². The Hall–Kier alpha value is -2.90. The van der Waals surface area contributed by atoms with E-state index in [0.717, 1.165) is 12.8 Å². The minimum absolute atomic E-state index is 0.0436. The second-order valence-corrected chi connectivity index (χ2v) is 6.13. The van der Waals surface area contributed by atoms with E-state index >= 15 is 0 Å². The largest absolute Gasteiger partial charge is 0.484 e. The van der Waals surface area contributed by atoms with Gasteiger partial charge in [0.25, 0.3) is 5.91 Å². The Morgan fingerprint density at radius 2 is 2.22 bits per heavy atom. The minimum Gasteiger partial charge on any atom is -0.484 e. The van der Waals surface area contributed by atoms with Gasteiger partial charge in [-0.3, -0.25) is 4.79 Å². The molecule has 1 amide bonds. The van der Waals surface area contributed by atoms with E-state index in [1.54, 1.807) is 13.0 Å². The monoisotopic (exact) mass is 376 g/mol. The van der Waals surface area contributed by atoms with Crippen LogP contribution in [0.15, 0.2) is 34.9 Å². The first-order valence-electron chi connectivity index (χ1n) is 8.89. The lowest BCUT2D eigenvalue weighted by Gasteiger charge is -2.33. The number of ether oxygens (including phenoxy) is 2. The van der Waals surface area contributed by atoms with Gasteiger partial charge in [-0.1, -0.05) is 6.07 Å². The quantitative estimate of drug-likeness (QED) is 0.721. The van der Waals surface area contributed by atoms with Crippen molar-refractivity contribution < 1.29 is 27.9 Å². The first-order valence-corrected chi connectivity index (χ1v) is 8.89. The lowest BCUT2D eigenvalue weighted by atomic mass is 10.0. The second-order valence-electron chi connectivity index (χ2n) is 6.13. The van der Waals surface area contributed by atoms with Crippen molar-refractivity contribution in [2.75, 3.05) is 13.2 Å². The molecule has 1 atom stereocenters. The fraction of sp³-hybridized carbons (Fsp3) is 0.421. The smallest absolute Gasteiger partial charge is 0.328 e. The zero-order chi connectivity index (χ0) is 19.2. The van der Waals surface area contributed by atoms with Gasteiger partial charge in [0.2, 0.25) is 5.89 Å². The van der Waals surface area contributed by atoms with Gasteiger partial charge in [0.1, 0.15) is 23.9 Å². The maximum Gasteiger partial charge on any atom is 0.328 e. The van der Waals surface area contributed by atoms with Crippen LogP contribution in [-0.2, 0) is 16.1 Å². The van der Waals surface area contributed by atoms with Crippen LogP contribution in [0.3, 0.4) is 0 Å². The van der Waals surface area contributed by atoms with E-state index in [1.807, 2.05) is 0 Å². The van der Waals surface area contributed by atoms with Crippen LogP contribution >= 0.6 is 0 Å². The molecule has 0 spiro atoms. The number of aromatic nitrogens is 1. The standard InChI is InChI=1S/C19H21FN2O5/c1-2-25-19(24)16-8-3-4-9-22(16)18(23)15-11-27-17(21-15)12-26-14-7-5-6-13(20)10-14/h5-7,10-11,16H,2-4,8-9,12H2,1H3/t16-/m1/s1. The summed E-state index contributed by atoms with van der Waals surface area (Å²) in [4.78, 5) is 30.5. The van der Waals surface area contributed by atoms with Crippen LogP contribution in [-0.4, -0.2) is 41.0 Å². The van der Waals surface area contributed by atoms with Crippen LogP contribution in [0.4, 0.5) is 4.39 Å². The van der Waals surface area contributed by atoms with Gasteiger partial charge in [-0.15, -0.1) is 0 Å². The average Bonchev–Trinajstić information content (AvgIpc) is 3.15. The molecule has 2 heterocycles. The van der Waals surface area contributed by atoms with Gasteiger partial charge < -0.3 is 18.8 Å². The Kier molecular flexibility index (Phi) is 6.05. The van der Waals surface area contributed by atoms with Crippen molar-refractivity contribution in [2.24, 2.45) is 0 Å². The molecule has 1 fully saturated rings. The van der Waals surface area contributed by atoms with Gasteiger partial charge in [-0.05, 0) is 38.3 Å². The van der Waals surface area contributed by atoms with E-state index < -0.39 is 17.8 Å². The van der Waals surface area contributed by atoms with Crippen molar-refractivity contribution in [3.8, 4) is 5.75 Å². The normalized spacial score (nSPS) is 16.8. The summed E-state index contributed by atoms with van der Waals surface area (Å²) < 4.78 is 28.9. The molecule has 0 radical (unpaired) electrons. The van der Waals surface area contributed by atoms with E-state index in [4.69, 9.17) is 13.9 Å². The predicted octanol–water partition coefficient (Wildman–Crippen LogP) is 2.95. The van der Waals surface area contributed by atoms with Gasteiger partial charge in [-0.2, -0.15) is 0 Å². The van der Waals surface area contributed by atoms with Crippen LogP contribution in [0, 0.1) is 5.82 Å². The molecular weight excluding hydrogens is 355 g/mol. The van der Waals surface area contributed by atoms with Crippen LogP contribution in [0.2, 0.25) is 0 Å². The molecule has 144 valence electrons. The molecular formula is C19H21FN2O5. The number of likely N-dealkylation sites (tertiary alicyclic amines) is 1. The molecule has 1 aromatic carbocycles. The summed E-state index contributed by atoms with van der Waals surface area (Å²) >= 11 is 0.